The Morgan fingerprint density at radius 3 is 1.61 bits per heavy atom. The maximum absolute atomic E-state index is 10.3. The van der Waals surface area contributed by atoms with Crippen LogP contribution in [0.1, 0.15) is 45.9 Å². The Labute approximate surface area is 171 Å². The van der Waals surface area contributed by atoms with Gasteiger partial charge in [0.2, 0.25) is 0 Å². The van der Waals surface area contributed by atoms with Gasteiger partial charge in [0.05, 0.1) is 0 Å². The average molecular weight is 395 g/mol. The van der Waals surface area contributed by atoms with E-state index in [0.29, 0.717) is 10.6 Å². The van der Waals surface area contributed by atoms with Crippen LogP contribution in [0, 0.1) is 27.7 Å². The van der Waals surface area contributed by atoms with E-state index in [-0.39, 0.29) is 11.5 Å². The maximum atomic E-state index is 10.3. The Kier molecular flexibility index (Phi) is 5.11. The van der Waals surface area contributed by atoms with E-state index >= 15 is 0 Å². The van der Waals surface area contributed by atoms with Gasteiger partial charge in [-0.1, -0.05) is 30.3 Å². The second kappa shape index (κ2) is 7.10. The molecule has 146 valence electrons. The molecule has 1 atom stereocenters. The smallest absolute Gasteiger partial charge is 0.131 e. The van der Waals surface area contributed by atoms with Gasteiger partial charge in [0.1, 0.15) is 17.2 Å². The molecule has 0 amide bonds. The third-order valence-electron chi connectivity index (χ3n) is 5.70. The summed E-state index contributed by atoms with van der Waals surface area (Å²) in [6.45, 7) is 9.62. The topological polar surface area (TPSA) is 60.7 Å². The van der Waals surface area contributed by atoms with Crippen molar-refractivity contribution in [3.63, 3.8) is 0 Å². The van der Waals surface area contributed by atoms with Gasteiger partial charge in [-0.25, -0.2) is 0 Å². The zero-order valence-electron chi connectivity index (χ0n) is 16.8. The molecule has 0 radical (unpaired) electrons. The van der Waals surface area contributed by atoms with Gasteiger partial charge in [-0.3, -0.25) is 0 Å². The first-order valence-electron chi connectivity index (χ1n) is 9.19. The quantitative estimate of drug-likeness (QED) is 0.341. The van der Waals surface area contributed by atoms with E-state index in [9.17, 15) is 15.3 Å². The normalized spacial score (nSPS) is 13.4. The van der Waals surface area contributed by atoms with Gasteiger partial charge >= 0.3 is 0 Å². The third kappa shape index (κ3) is 3.22. The lowest BCUT2D eigenvalue weighted by molar-refractivity contribution is 0.457. The lowest BCUT2D eigenvalue weighted by atomic mass is 9.70. The molecule has 0 heterocycles. The summed E-state index contributed by atoms with van der Waals surface area (Å²) < 4.78 is 0. The summed E-state index contributed by atoms with van der Waals surface area (Å²) in [4.78, 5) is 0.518. The molecule has 0 bridgehead atoms. The number of hydrogen-bond acceptors (Lipinski definition) is 4. The average Bonchev–Trinajstić information content (AvgIpc) is 2.64. The van der Waals surface area contributed by atoms with E-state index in [1.165, 1.54) is 0 Å². The Morgan fingerprint density at radius 2 is 1.11 bits per heavy atom. The van der Waals surface area contributed by atoms with Crippen molar-refractivity contribution in [3.05, 3.63) is 81.4 Å². The predicted molar refractivity (Wildman–Crippen MR) is 116 cm³/mol. The second-order valence-corrected chi connectivity index (χ2v) is 8.23. The molecule has 3 aromatic rings. The largest absolute Gasteiger partial charge is 0.508 e. The van der Waals surface area contributed by atoms with Crippen molar-refractivity contribution in [3.8, 4) is 17.2 Å². The van der Waals surface area contributed by atoms with Gasteiger partial charge in [0.15, 0.2) is 0 Å². The van der Waals surface area contributed by atoms with Crippen LogP contribution in [0.2, 0.25) is 0 Å². The predicted octanol–water partition coefficient (Wildman–Crippen LogP) is 5.68. The molecule has 4 heteroatoms. The zero-order chi connectivity index (χ0) is 20.8. The molecule has 1 unspecified atom stereocenters. The SMILES string of the molecule is Cc1cc(C(C)(c2cc(C)c(O)c(C)c2)c2cc(C)c(O)c(S)c2)ccc1O. The maximum Gasteiger partial charge on any atom is 0.131 e. The van der Waals surface area contributed by atoms with Crippen molar-refractivity contribution in [1.29, 1.82) is 0 Å². The molecule has 0 aliphatic heterocycles. The van der Waals surface area contributed by atoms with Crippen molar-refractivity contribution < 1.29 is 15.3 Å². The number of thiol groups is 1. The second-order valence-electron chi connectivity index (χ2n) is 7.75. The number of benzene rings is 3. The van der Waals surface area contributed by atoms with E-state index < -0.39 is 5.41 Å². The number of rotatable bonds is 3. The van der Waals surface area contributed by atoms with E-state index in [1.807, 2.05) is 64.1 Å². The van der Waals surface area contributed by atoms with Crippen LogP contribution < -0.4 is 0 Å². The molecule has 28 heavy (non-hydrogen) atoms. The van der Waals surface area contributed by atoms with E-state index in [1.54, 1.807) is 6.07 Å². The van der Waals surface area contributed by atoms with Gasteiger partial charge in [0, 0.05) is 10.3 Å². The van der Waals surface area contributed by atoms with E-state index in [2.05, 4.69) is 19.6 Å². The number of aromatic hydroxyl groups is 3. The summed E-state index contributed by atoms with van der Waals surface area (Å²) in [5, 5.41) is 30.5. The summed E-state index contributed by atoms with van der Waals surface area (Å²) in [6.07, 6.45) is 0. The molecule has 0 spiro atoms. The first-order valence-corrected chi connectivity index (χ1v) is 9.64. The van der Waals surface area contributed by atoms with Crippen molar-refractivity contribution in [2.75, 3.05) is 0 Å². The van der Waals surface area contributed by atoms with E-state index in [4.69, 9.17) is 0 Å². The van der Waals surface area contributed by atoms with Crippen LogP contribution in [0.15, 0.2) is 47.4 Å². The molecule has 3 nitrogen and oxygen atoms in total. The fourth-order valence-corrected chi connectivity index (χ4v) is 4.08. The van der Waals surface area contributed by atoms with Crippen LogP contribution in [-0.2, 0) is 5.41 Å². The molecule has 0 saturated carbocycles. The molecule has 0 fully saturated rings. The summed E-state index contributed by atoms with van der Waals surface area (Å²) >= 11 is 4.46. The molecular weight excluding hydrogens is 368 g/mol. The van der Waals surface area contributed by atoms with Gasteiger partial charge in [-0.15, -0.1) is 12.6 Å². The van der Waals surface area contributed by atoms with Crippen molar-refractivity contribution in [1.82, 2.24) is 0 Å². The van der Waals surface area contributed by atoms with Crippen LogP contribution in [0.4, 0.5) is 0 Å². The van der Waals surface area contributed by atoms with Gasteiger partial charge in [0.25, 0.3) is 0 Å². The van der Waals surface area contributed by atoms with Gasteiger partial charge in [-0.2, -0.15) is 0 Å². The van der Waals surface area contributed by atoms with Crippen molar-refractivity contribution in [2.24, 2.45) is 0 Å². The standard InChI is InChI=1S/C24H26O3S/c1-13-8-17(6-7-20(13)25)24(5,18-9-14(2)22(26)15(3)10-18)19-11-16(4)23(27)21(28)12-19/h6-12,25-28H,1-5H3. The van der Waals surface area contributed by atoms with Crippen LogP contribution in [-0.4, -0.2) is 15.3 Å². The minimum atomic E-state index is -0.572. The van der Waals surface area contributed by atoms with Crippen molar-refractivity contribution >= 4 is 12.6 Å². The summed E-state index contributed by atoms with van der Waals surface area (Å²) in [7, 11) is 0. The van der Waals surface area contributed by atoms with Crippen LogP contribution in [0.25, 0.3) is 0 Å². The minimum Gasteiger partial charge on any atom is -0.508 e. The van der Waals surface area contributed by atoms with Crippen molar-refractivity contribution in [2.45, 2.75) is 44.9 Å². The number of phenolic OH excluding ortho intramolecular Hbond substituents is 3. The summed E-state index contributed by atoms with van der Waals surface area (Å²) in [5.74, 6) is 0.722. The molecule has 0 saturated heterocycles. The monoisotopic (exact) mass is 394 g/mol. The Hall–Kier alpha value is -2.59. The Bertz CT molecular complexity index is 966. The molecule has 0 aromatic heterocycles. The first kappa shape index (κ1) is 20.2. The number of aryl methyl sites for hydroxylation is 4. The fourth-order valence-electron chi connectivity index (χ4n) is 3.76. The summed E-state index contributed by atoms with van der Waals surface area (Å²) in [5.41, 5.74) is 5.57. The lowest BCUT2D eigenvalue weighted by Gasteiger charge is -2.33. The fraction of sp³-hybridized carbons (Fsp3) is 0.250. The molecule has 0 aliphatic rings. The lowest BCUT2D eigenvalue weighted by Crippen LogP contribution is -2.26. The summed E-state index contributed by atoms with van der Waals surface area (Å²) in [6, 6.07) is 13.4. The molecule has 3 rings (SSSR count). The van der Waals surface area contributed by atoms with Gasteiger partial charge < -0.3 is 15.3 Å². The number of phenols is 3. The number of hydrogen-bond donors (Lipinski definition) is 4. The molecular formula is C24H26O3S. The molecule has 3 N–H and O–H groups in total. The highest BCUT2D eigenvalue weighted by molar-refractivity contribution is 7.80. The van der Waals surface area contributed by atoms with Crippen LogP contribution in [0.3, 0.4) is 0 Å². The molecule has 0 aliphatic carbocycles. The third-order valence-corrected chi connectivity index (χ3v) is 6.04. The zero-order valence-corrected chi connectivity index (χ0v) is 17.7. The van der Waals surface area contributed by atoms with Crippen LogP contribution in [0.5, 0.6) is 17.2 Å². The van der Waals surface area contributed by atoms with Gasteiger partial charge in [-0.05, 0) is 85.7 Å². The minimum absolute atomic E-state index is 0.175. The highest BCUT2D eigenvalue weighted by Crippen LogP contribution is 2.44. The first-order chi connectivity index (χ1) is 13.1. The Balaban J connectivity index is 2.39. The highest BCUT2D eigenvalue weighted by Gasteiger charge is 2.33. The molecule has 3 aromatic carbocycles. The Morgan fingerprint density at radius 1 is 0.643 bits per heavy atom. The van der Waals surface area contributed by atoms with E-state index in [0.717, 1.165) is 38.9 Å². The highest BCUT2D eigenvalue weighted by atomic mass is 32.1. The van der Waals surface area contributed by atoms with Crippen LogP contribution >= 0.6 is 12.6 Å².